The van der Waals surface area contributed by atoms with Gasteiger partial charge in [-0.15, -0.1) is 0 Å². The standard InChI is InChI=1S/C14H15F3N2O/c15-14(16,17)12-4-3-11(7-10(12)8-18)19-13(9-20)5-1-2-6-13/h3-4,7,19-20H,1-2,5-6,9H2. The van der Waals surface area contributed by atoms with Gasteiger partial charge in [0.05, 0.1) is 29.3 Å². The highest BCUT2D eigenvalue weighted by Crippen LogP contribution is 2.36. The van der Waals surface area contributed by atoms with Gasteiger partial charge in [-0.1, -0.05) is 12.8 Å². The molecule has 0 heterocycles. The SMILES string of the molecule is N#Cc1cc(NC2(CO)CCCC2)ccc1C(F)(F)F. The minimum atomic E-state index is -4.54. The predicted octanol–water partition coefficient (Wildman–Crippen LogP) is 3.29. The van der Waals surface area contributed by atoms with Gasteiger partial charge in [0.15, 0.2) is 0 Å². The van der Waals surface area contributed by atoms with E-state index in [1.807, 2.05) is 0 Å². The molecule has 0 saturated heterocycles. The third kappa shape index (κ3) is 2.88. The first-order valence-corrected chi connectivity index (χ1v) is 6.41. The summed E-state index contributed by atoms with van der Waals surface area (Å²) in [6, 6.07) is 4.98. The van der Waals surface area contributed by atoms with Gasteiger partial charge in [-0.05, 0) is 31.0 Å². The molecule has 3 nitrogen and oxygen atoms in total. The van der Waals surface area contributed by atoms with Crippen LogP contribution in [0.25, 0.3) is 0 Å². The fourth-order valence-corrected chi connectivity index (χ4v) is 2.64. The molecule has 0 bridgehead atoms. The maximum atomic E-state index is 12.7. The lowest BCUT2D eigenvalue weighted by Crippen LogP contribution is -2.39. The number of rotatable bonds is 3. The molecule has 1 aliphatic carbocycles. The second-order valence-corrected chi connectivity index (χ2v) is 5.14. The van der Waals surface area contributed by atoms with Crippen LogP contribution in [0.2, 0.25) is 0 Å². The molecule has 1 aromatic carbocycles. The quantitative estimate of drug-likeness (QED) is 0.895. The number of aliphatic hydroxyl groups excluding tert-OH is 1. The fourth-order valence-electron chi connectivity index (χ4n) is 2.64. The van der Waals surface area contributed by atoms with Gasteiger partial charge in [-0.3, -0.25) is 0 Å². The van der Waals surface area contributed by atoms with Crippen molar-refractivity contribution in [3.8, 4) is 6.07 Å². The first-order valence-electron chi connectivity index (χ1n) is 6.41. The molecule has 1 saturated carbocycles. The Morgan fingerprint density at radius 3 is 2.45 bits per heavy atom. The maximum absolute atomic E-state index is 12.7. The van der Waals surface area contributed by atoms with Crippen molar-refractivity contribution in [2.45, 2.75) is 37.4 Å². The summed E-state index contributed by atoms with van der Waals surface area (Å²) in [6.07, 6.45) is -1.05. The van der Waals surface area contributed by atoms with Crippen molar-refractivity contribution in [3.63, 3.8) is 0 Å². The summed E-state index contributed by atoms with van der Waals surface area (Å²) in [7, 11) is 0. The molecule has 2 rings (SSSR count). The van der Waals surface area contributed by atoms with E-state index in [2.05, 4.69) is 5.32 Å². The summed E-state index contributed by atoms with van der Waals surface area (Å²) >= 11 is 0. The van der Waals surface area contributed by atoms with Crippen LogP contribution < -0.4 is 5.32 Å². The molecule has 0 radical (unpaired) electrons. The van der Waals surface area contributed by atoms with Crippen LogP contribution in [0.5, 0.6) is 0 Å². The van der Waals surface area contributed by atoms with E-state index in [1.54, 1.807) is 6.07 Å². The van der Waals surface area contributed by atoms with Gasteiger partial charge < -0.3 is 10.4 Å². The van der Waals surface area contributed by atoms with Crippen molar-refractivity contribution in [2.24, 2.45) is 0 Å². The van der Waals surface area contributed by atoms with Gasteiger partial charge in [-0.25, -0.2) is 0 Å². The molecule has 0 aliphatic heterocycles. The summed E-state index contributed by atoms with van der Waals surface area (Å²) in [5.41, 5.74) is -1.39. The number of anilines is 1. The molecule has 2 N–H and O–H groups in total. The van der Waals surface area contributed by atoms with Gasteiger partial charge in [-0.2, -0.15) is 18.4 Å². The number of halogens is 3. The minimum absolute atomic E-state index is 0.0735. The molecule has 0 aromatic heterocycles. The number of hydrogen-bond donors (Lipinski definition) is 2. The molecule has 0 atom stereocenters. The Bertz CT molecular complexity index is 528. The zero-order chi connectivity index (χ0) is 14.8. The molecule has 20 heavy (non-hydrogen) atoms. The van der Waals surface area contributed by atoms with Crippen LogP contribution in [0.1, 0.15) is 36.8 Å². The highest BCUT2D eigenvalue weighted by Gasteiger charge is 2.35. The van der Waals surface area contributed by atoms with Gasteiger partial charge in [0.25, 0.3) is 0 Å². The normalized spacial score (nSPS) is 17.8. The van der Waals surface area contributed by atoms with Crippen molar-refractivity contribution in [2.75, 3.05) is 11.9 Å². The smallest absolute Gasteiger partial charge is 0.394 e. The topological polar surface area (TPSA) is 56.0 Å². The molecule has 0 unspecified atom stereocenters. The summed E-state index contributed by atoms with van der Waals surface area (Å²) in [4.78, 5) is 0. The monoisotopic (exact) mass is 284 g/mol. The number of hydrogen-bond acceptors (Lipinski definition) is 3. The first-order chi connectivity index (χ1) is 9.40. The second-order valence-electron chi connectivity index (χ2n) is 5.14. The van der Waals surface area contributed by atoms with Gasteiger partial charge >= 0.3 is 6.18 Å². The number of nitrogens with zero attached hydrogens (tertiary/aromatic N) is 1. The van der Waals surface area contributed by atoms with Crippen molar-refractivity contribution >= 4 is 5.69 Å². The Morgan fingerprint density at radius 1 is 1.30 bits per heavy atom. The molecule has 108 valence electrons. The predicted molar refractivity (Wildman–Crippen MR) is 68.1 cm³/mol. The van der Waals surface area contributed by atoms with Crippen LogP contribution in [0.15, 0.2) is 18.2 Å². The van der Waals surface area contributed by atoms with E-state index in [4.69, 9.17) is 5.26 Å². The third-order valence-electron chi connectivity index (χ3n) is 3.72. The van der Waals surface area contributed by atoms with Crippen LogP contribution in [0.4, 0.5) is 18.9 Å². The Morgan fingerprint density at radius 2 is 1.95 bits per heavy atom. The largest absolute Gasteiger partial charge is 0.417 e. The zero-order valence-corrected chi connectivity index (χ0v) is 10.8. The summed E-state index contributed by atoms with van der Waals surface area (Å²) in [6.45, 7) is -0.0735. The summed E-state index contributed by atoms with van der Waals surface area (Å²) in [5.74, 6) is 0. The van der Waals surface area contributed by atoms with E-state index in [0.717, 1.165) is 31.7 Å². The number of alkyl halides is 3. The first kappa shape index (κ1) is 14.7. The zero-order valence-electron chi connectivity index (χ0n) is 10.8. The average molecular weight is 284 g/mol. The fraction of sp³-hybridized carbons (Fsp3) is 0.500. The van der Waals surface area contributed by atoms with Gasteiger partial charge in [0.2, 0.25) is 0 Å². The minimum Gasteiger partial charge on any atom is -0.394 e. The second kappa shape index (κ2) is 5.33. The lowest BCUT2D eigenvalue weighted by atomic mass is 9.97. The number of nitriles is 1. The van der Waals surface area contributed by atoms with E-state index >= 15 is 0 Å². The van der Waals surface area contributed by atoms with Crippen LogP contribution in [-0.4, -0.2) is 17.3 Å². The van der Waals surface area contributed by atoms with Crippen LogP contribution in [-0.2, 0) is 6.18 Å². The van der Waals surface area contributed by atoms with E-state index in [1.165, 1.54) is 12.1 Å². The molecule has 1 aliphatic rings. The lowest BCUT2D eigenvalue weighted by molar-refractivity contribution is -0.137. The van der Waals surface area contributed by atoms with E-state index in [0.29, 0.717) is 5.69 Å². The summed E-state index contributed by atoms with van der Waals surface area (Å²) in [5, 5.41) is 21.4. The molecule has 1 aromatic rings. The maximum Gasteiger partial charge on any atom is 0.417 e. The van der Waals surface area contributed by atoms with Gasteiger partial charge in [0.1, 0.15) is 0 Å². The van der Waals surface area contributed by atoms with Crippen molar-refractivity contribution in [3.05, 3.63) is 29.3 Å². The number of nitrogens with one attached hydrogen (secondary N) is 1. The molecule has 0 amide bonds. The van der Waals surface area contributed by atoms with Gasteiger partial charge in [0, 0.05) is 5.69 Å². The van der Waals surface area contributed by atoms with Crippen LogP contribution >= 0.6 is 0 Å². The number of aliphatic hydroxyl groups is 1. The van der Waals surface area contributed by atoms with Crippen molar-refractivity contribution in [1.82, 2.24) is 0 Å². The highest BCUT2D eigenvalue weighted by atomic mass is 19.4. The molecular weight excluding hydrogens is 269 g/mol. The van der Waals surface area contributed by atoms with E-state index in [-0.39, 0.29) is 6.61 Å². The molecular formula is C14H15F3N2O. The Hall–Kier alpha value is -1.74. The van der Waals surface area contributed by atoms with Crippen LogP contribution in [0.3, 0.4) is 0 Å². The number of benzene rings is 1. The van der Waals surface area contributed by atoms with Crippen molar-refractivity contribution < 1.29 is 18.3 Å². The lowest BCUT2D eigenvalue weighted by Gasteiger charge is -2.29. The van der Waals surface area contributed by atoms with E-state index in [9.17, 15) is 18.3 Å². The Kier molecular flexibility index (Phi) is 3.91. The van der Waals surface area contributed by atoms with Crippen molar-refractivity contribution in [1.29, 1.82) is 5.26 Å². The molecule has 1 fully saturated rings. The summed E-state index contributed by atoms with van der Waals surface area (Å²) < 4.78 is 38.1. The van der Waals surface area contributed by atoms with Crippen LogP contribution in [0, 0.1) is 11.3 Å². The van der Waals surface area contributed by atoms with E-state index < -0.39 is 22.8 Å². The Balaban J connectivity index is 2.29. The molecule has 6 heteroatoms. The Labute approximate surface area is 115 Å². The third-order valence-corrected chi connectivity index (χ3v) is 3.72. The molecule has 0 spiro atoms. The average Bonchev–Trinajstić information content (AvgIpc) is 2.86. The highest BCUT2D eigenvalue weighted by molar-refractivity contribution is 5.55.